The molecule has 0 radical (unpaired) electrons. The fourth-order valence-corrected chi connectivity index (χ4v) is 4.66. The molecule has 2 heterocycles. The number of carbonyl (C=O) groups excluding carboxylic acids is 1. The maximum atomic E-state index is 13.6. The third-order valence-electron chi connectivity index (χ3n) is 6.75. The molecule has 0 spiro atoms. The average Bonchev–Trinajstić information content (AvgIpc) is 3.37. The summed E-state index contributed by atoms with van der Waals surface area (Å²) in [5.41, 5.74) is 1.75. The maximum absolute atomic E-state index is 13.6. The van der Waals surface area contributed by atoms with Crippen LogP contribution in [0.2, 0.25) is 5.02 Å². The Morgan fingerprint density at radius 3 is 2.84 bits per heavy atom. The predicted octanol–water partition coefficient (Wildman–Crippen LogP) is 5.70. The summed E-state index contributed by atoms with van der Waals surface area (Å²) in [6.45, 7) is 2.30. The largest absolute Gasteiger partial charge is 0.488 e. The molecule has 8 nitrogen and oxygen atoms in total. The van der Waals surface area contributed by atoms with E-state index in [1.807, 2.05) is 19.2 Å². The van der Waals surface area contributed by atoms with Crippen molar-refractivity contribution in [2.75, 3.05) is 37.4 Å². The van der Waals surface area contributed by atoms with Crippen molar-refractivity contribution in [3.63, 3.8) is 0 Å². The summed E-state index contributed by atoms with van der Waals surface area (Å²) in [5.74, 6) is 0.298. The number of nitrogens with zero attached hydrogens (tertiary/aromatic N) is 3. The molecule has 1 amide bonds. The van der Waals surface area contributed by atoms with Crippen molar-refractivity contribution >= 4 is 45.6 Å². The summed E-state index contributed by atoms with van der Waals surface area (Å²) in [5, 5.41) is 6.81. The van der Waals surface area contributed by atoms with Crippen molar-refractivity contribution in [1.29, 1.82) is 0 Å². The van der Waals surface area contributed by atoms with Crippen molar-refractivity contribution in [3.05, 3.63) is 59.7 Å². The molecule has 5 rings (SSSR count). The van der Waals surface area contributed by atoms with Gasteiger partial charge >= 0.3 is 0 Å². The van der Waals surface area contributed by atoms with Gasteiger partial charge in [0.1, 0.15) is 23.7 Å². The quantitative estimate of drug-likeness (QED) is 0.319. The molecular formula is C28H31ClFN5O3. The second-order valence-corrected chi connectivity index (χ2v) is 10.2. The summed E-state index contributed by atoms with van der Waals surface area (Å²) in [6, 6.07) is 7.96. The average molecular weight is 540 g/mol. The van der Waals surface area contributed by atoms with Gasteiger partial charge in [0.2, 0.25) is 5.91 Å². The SMILES string of the molecule is CN(CC=CC(=O)Nc1cc2c(Nc3ccc(F)c(Cl)c3)ncnc2cc1OC1CCC1)CC1CCCO1. The molecule has 200 valence electrons. The molecule has 38 heavy (non-hydrogen) atoms. The molecule has 1 saturated carbocycles. The Morgan fingerprint density at radius 1 is 1.24 bits per heavy atom. The lowest BCUT2D eigenvalue weighted by Crippen LogP contribution is -2.29. The van der Waals surface area contributed by atoms with Gasteiger partial charge in [0.05, 0.1) is 28.4 Å². The number of benzene rings is 2. The van der Waals surface area contributed by atoms with Gasteiger partial charge in [-0.1, -0.05) is 17.7 Å². The fourth-order valence-electron chi connectivity index (χ4n) is 4.48. The topological polar surface area (TPSA) is 88.6 Å². The van der Waals surface area contributed by atoms with E-state index in [4.69, 9.17) is 21.1 Å². The van der Waals surface area contributed by atoms with E-state index in [0.29, 0.717) is 40.4 Å². The van der Waals surface area contributed by atoms with Crippen LogP contribution in [0.4, 0.5) is 21.6 Å². The summed E-state index contributed by atoms with van der Waals surface area (Å²) in [4.78, 5) is 23.7. The van der Waals surface area contributed by atoms with Crippen molar-refractivity contribution in [1.82, 2.24) is 14.9 Å². The molecule has 2 aliphatic rings. The number of halogens is 2. The molecule has 10 heteroatoms. The summed E-state index contributed by atoms with van der Waals surface area (Å²) in [7, 11) is 2.01. The Morgan fingerprint density at radius 2 is 2.11 bits per heavy atom. The van der Waals surface area contributed by atoms with Crippen LogP contribution in [-0.4, -0.2) is 59.7 Å². The van der Waals surface area contributed by atoms with E-state index in [1.165, 1.54) is 24.5 Å². The van der Waals surface area contributed by atoms with E-state index < -0.39 is 5.82 Å². The Labute approximate surface area is 226 Å². The molecule has 1 unspecified atom stereocenters. The van der Waals surface area contributed by atoms with E-state index in [1.54, 1.807) is 12.1 Å². The first-order chi connectivity index (χ1) is 18.4. The number of carbonyl (C=O) groups is 1. The highest BCUT2D eigenvalue weighted by molar-refractivity contribution is 6.31. The number of amides is 1. The highest BCUT2D eigenvalue weighted by Crippen LogP contribution is 2.36. The first-order valence-corrected chi connectivity index (χ1v) is 13.3. The van der Waals surface area contributed by atoms with Crippen molar-refractivity contribution in [2.45, 2.75) is 44.3 Å². The van der Waals surface area contributed by atoms with E-state index in [-0.39, 0.29) is 23.1 Å². The van der Waals surface area contributed by atoms with Crippen LogP contribution in [0.25, 0.3) is 10.9 Å². The highest BCUT2D eigenvalue weighted by atomic mass is 35.5. The first-order valence-electron chi connectivity index (χ1n) is 12.9. The van der Waals surface area contributed by atoms with Crippen LogP contribution in [0, 0.1) is 5.82 Å². The third kappa shape index (κ3) is 6.59. The number of rotatable bonds is 10. The second kappa shape index (κ2) is 12.1. The molecule has 2 aromatic carbocycles. The fraction of sp³-hybridized carbons (Fsp3) is 0.393. The Bertz CT molecular complexity index is 1330. The lowest BCUT2D eigenvalue weighted by atomic mass is 9.96. The number of fused-ring (bicyclic) bond motifs is 1. The number of hydrogen-bond acceptors (Lipinski definition) is 7. The van der Waals surface area contributed by atoms with Crippen LogP contribution in [0.5, 0.6) is 5.75 Å². The summed E-state index contributed by atoms with van der Waals surface area (Å²) >= 11 is 5.95. The predicted molar refractivity (Wildman–Crippen MR) is 147 cm³/mol. The number of ether oxygens (including phenoxy) is 2. The molecular weight excluding hydrogens is 509 g/mol. The molecule has 0 bridgehead atoms. The molecule has 3 aromatic rings. The zero-order valence-corrected chi connectivity index (χ0v) is 22.0. The minimum atomic E-state index is -0.501. The minimum Gasteiger partial charge on any atom is -0.488 e. The molecule has 1 aliphatic heterocycles. The number of nitrogens with one attached hydrogen (secondary N) is 2. The zero-order chi connectivity index (χ0) is 26.5. The molecule has 2 fully saturated rings. The zero-order valence-electron chi connectivity index (χ0n) is 21.3. The first kappa shape index (κ1) is 26.3. The third-order valence-corrected chi connectivity index (χ3v) is 7.04. The number of aromatic nitrogens is 2. The van der Waals surface area contributed by atoms with Gasteiger partial charge in [-0.15, -0.1) is 0 Å². The van der Waals surface area contributed by atoms with Crippen LogP contribution in [0.15, 0.2) is 48.8 Å². The van der Waals surface area contributed by atoms with Crippen LogP contribution in [0.1, 0.15) is 32.1 Å². The number of anilines is 3. The van der Waals surface area contributed by atoms with E-state index >= 15 is 0 Å². The Kier molecular flexibility index (Phi) is 8.36. The Balaban J connectivity index is 1.34. The van der Waals surface area contributed by atoms with E-state index in [0.717, 1.165) is 45.3 Å². The van der Waals surface area contributed by atoms with Gasteiger partial charge in [-0.25, -0.2) is 14.4 Å². The van der Waals surface area contributed by atoms with Crippen molar-refractivity contribution < 1.29 is 18.7 Å². The van der Waals surface area contributed by atoms with Gasteiger partial charge in [-0.05, 0) is 63.4 Å². The lowest BCUT2D eigenvalue weighted by Gasteiger charge is -2.27. The number of hydrogen-bond donors (Lipinski definition) is 2. The minimum absolute atomic E-state index is 0.00528. The molecule has 2 N–H and O–H groups in total. The van der Waals surface area contributed by atoms with Gasteiger partial charge in [0.15, 0.2) is 0 Å². The van der Waals surface area contributed by atoms with E-state index in [2.05, 4.69) is 25.5 Å². The second-order valence-electron chi connectivity index (χ2n) is 9.76. The molecule has 1 aromatic heterocycles. The van der Waals surface area contributed by atoms with E-state index in [9.17, 15) is 9.18 Å². The summed E-state index contributed by atoms with van der Waals surface area (Å²) in [6.07, 6.45) is 10.5. The number of likely N-dealkylation sites (N-methyl/N-ethyl adjacent to an activating group) is 1. The van der Waals surface area contributed by atoms with Crippen LogP contribution < -0.4 is 15.4 Å². The van der Waals surface area contributed by atoms with Gasteiger partial charge in [-0.2, -0.15) is 0 Å². The summed E-state index contributed by atoms with van der Waals surface area (Å²) < 4.78 is 25.5. The molecule has 1 saturated heterocycles. The molecule has 1 aliphatic carbocycles. The molecule has 1 atom stereocenters. The Hall–Kier alpha value is -3.27. The maximum Gasteiger partial charge on any atom is 0.248 e. The van der Waals surface area contributed by atoms with Gasteiger partial charge < -0.3 is 25.0 Å². The van der Waals surface area contributed by atoms with Crippen molar-refractivity contribution in [3.8, 4) is 5.75 Å². The monoisotopic (exact) mass is 539 g/mol. The van der Waals surface area contributed by atoms with Gasteiger partial charge in [0, 0.05) is 42.9 Å². The standard InChI is InChI=1S/C28H31ClFN5O3/c1-35(16-20-7-4-12-37-20)11-3-8-27(36)34-25-14-21-24(15-26(25)38-19-5-2-6-19)31-17-32-28(21)33-18-9-10-23(30)22(29)13-18/h3,8-10,13-15,17,19-20H,2,4-7,11-12,16H2,1H3,(H,34,36)(H,31,32,33). The highest BCUT2D eigenvalue weighted by Gasteiger charge is 2.22. The lowest BCUT2D eigenvalue weighted by molar-refractivity contribution is -0.111. The smallest absolute Gasteiger partial charge is 0.248 e. The normalized spacial score (nSPS) is 17.7. The van der Waals surface area contributed by atoms with Crippen molar-refractivity contribution in [2.24, 2.45) is 0 Å². The van der Waals surface area contributed by atoms with Gasteiger partial charge in [0.25, 0.3) is 0 Å². The van der Waals surface area contributed by atoms with Crippen LogP contribution in [0.3, 0.4) is 0 Å². The van der Waals surface area contributed by atoms with Crippen LogP contribution in [-0.2, 0) is 9.53 Å². The van der Waals surface area contributed by atoms with Crippen LogP contribution >= 0.6 is 11.6 Å². The van der Waals surface area contributed by atoms with Gasteiger partial charge in [-0.3, -0.25) is 4.79 Å².